The van der Waals surface area contributed by atoms with Crippen molar-refractivity contribution in [3.8, 4) is 0 Å². The lowest BCUT2D eigenvalue weighted by Crippen LogP contribution is -2.45. The SMILES string of the molecule is Cc1ccc(NCC2CCCCN2CCn2nc3c(cc2=O)CSCC3)nn1. The van der Waals surface area contributed by atoms with Crippen molar-refractivity contribution in [3.63, 3.8) is 0 Å². The first kappa shape index (κ1) is 19.4. The fourth-order valence-electron chi connectivity index (χ4n) is 3.94. The van der Waals surface area contributed by atoms with Crippen LogP contribution in [0.1, 0.15) is 36.2 Å². The molecule has 150 valence electrons. The first-order valence-electron chi connectivity index (χ1n) is 10.1. The van der Waals surface area contributed by atoms with Gasteiger partial charge in [0.1, 0.15) is 5.82 Å². The zero-order valence-corrected chi connectivity index (χ0v) is 17.2. The van der Waals surface area contributed by atoms with Crippen molar-refractivity contribution in [2.45, 2.75) is 50.9 Å². The molecule has 0 aliphatic carbocycles. The summed E-state index contributed by atoms with van der Waals surface area (Å²) in [6, 6.07) is 6.19. The van der Waals surface area contributed by atoms with Crippen LogP contribution in [0.5, 0.6) is 0 Å². The quantitative estimate of drug-likeness (QED) is 0.796. The molecule has 0 saturated carbocycles. The van der Waals surface area contributed by atoms with E-state index < -0.39 is 0 Å². The van der Waals surface area contributed by atoms with E-state index >= 15 is 0 Å². The summed E-state index contributed by atoms with van der Waals surface area (Å²) in [7, 11) is 0. The molecule has 4 rings (SSSR count). The van der Waals surface area contributed by atoms with Crippen LogP contribution in [-0.4, -0.2) is 56.3 Å². The lowest BCUT2D eigenvalue weighted by molar-refractivity contribution is 0.147. The summed E-state index contributed by atoms with van der Waals surface area (Å²) in [5, 5.41) is 16.4. The normalized spacial score (nSPS) is 20.0. The number of hydrogen-bond donors (Lipinski definition) is 1. The average molecular weight is 401 g/mol. The average Bonchev–Trinajstić information content (AvgIpc) is 2.72. The van der Waals surface area contributed by atoms with Crippen molar-refractivity contribution in [1.29, 1.82) is 0 Å². The summed E-state index contributed by atoms with van der Waals surface area (Å²) >= 11 is 1.88. The van der Waals surface area contributed by atoms with Crippen LogP contribution in [0.4, 0.5) is 5.82 Å². The third-order valence-electron chi connectivity index (χ3n) is 5.57. The first-order chi connectivity index (χ1) is 13.7. The van der Waals surface area contributed by atoms with Crippen LogP contribution in [0.2, 0.25) is 0 Å². The van der Waals surface area contributed by atoms with Gasteiger partial charge < -0.3 is 5.32 Å². The van der Waals surface area contributed by atoms with E-state index in [1.54, 1.807) is 10.7 Å². The van der Waals surface area contributed by atoms with E-state index in [-0.39, 0.29) is 5.56 Å². The maximum Gasteiger partial charge on any atom is 0.267 e. The molecule has 0 aromatic carbocycles. The second kappa shape index (κ2) is 9.05. The molecule has 7 nitrogen and oxygen atoms in total. The van der Waals surface area contributed by atoms with Crippen LogP contribution in [0.3, 0.4) is 0 Å². The molecule has 0 bridgehead atoms. The second-order valence-electron chi connectivity index (χ2n) is 7.61. The van der Waals surface area contributed by atoms with Crippen molar-refractivity contribution >= 4 is 17.6 Å². The van der Waals surface area contributed by atoms with E-state index in [0.717, 1.165) is 66.8 Å². The molecule has 8 heteroatoms. The molecule has 28 heavy (non-hydrogen) atoms. The second-order valence-corrected chi connectivity index (χ2v) is 8.71. The minimum atomic E-state index is 0.0304. The molecule has 1 unspecified atom stereocenters. The maximum atomic E-state index is 12.4. The van der Waals surface area contributed by atoms with E-state index in [9.17, 15) is 4.79 Å². The Balaban J connectivity index is 1.37. The smallest absolute Gasteiger partial charge is 0.267 e. The summed E-state index contributed by atoms with van der Waals surface area (Å²) in [5.74, 6) is 2.83. The third-order valence-corrected chi connectivity index (χ3v) is 6.58. The van der Waals surface area contributed by atoms with Gasteiger partial charge >= 0.3 is 0 Å². The van der Waals surface area contributed by atoms with Crippen molar-refractivity contribution in [2.75, 3.05) is 30.7 Å². The predicted octanol–water partition coefficient (Wildman–Crippen LogP) is 2.10. The number of rotatable bonds is 6. The van der Waals surface area contributed by atoms with Crippen LogP contribution in [0, 0.1) is 6.92 Å². The van der Waals surface area contributed by atoms with E-state index in [4.69, 9.17) is 0 Å². The zero-order valence-electron chi connectivity index (χ0n) is 16.4. The number of fused-ring (bicyclic) bond motifs is 1. The summed E-state index contributed by atoms with van der Waals surface area (Å²) in [6.45, 7) is 5.37. The number of aromatic nitrogens is 4. The van der Waals surface area contributed by atoms with Gasteiger partial charge in [0, 0.05) is 37.4 Å². The third kappa shape index (κ3) is 4.72. The first-order valence-corrected chi connectivity index (χ1v) is 11.3. The van der Waals surface area contributed by atoms with Crippen molar-refractivity contribution in [1.82, 2.24) is 24.9 Å². The fraction of sp³-hybridized carbons (Fsp3) is 0.600. The standard InChI is InChI=1S/C20H28N6OS/c1-15-5-6-19(23-22-15)21-13-17-4-2-3-8-25(17)9-10-26-20(27)12-16-14-28-11-7-18(16)24-26/h5-6,12,17H,2-4,7-11,13-14H2,1H3,(H,21,23). The number of thioether (sulfide) groups is 1. The minimum Gasteiger partial charge on any atom is -0.367 e. The number of piperidine rings is 1. The molecular weight excluding hydrogens is 372 g/mol. The van der Waals surface area contributed by atoms with Gasteiger partial charge in [0.15, 0.2) is 0 Å². The molecule has 0 radical (unpaired) electrons. The minimum absolute atomic E-state index is 0.0304. The highest BCUT2D eigenvalue weighted by Gasteiger charge is 2.22. The van der Waals surface area contributed by atoms with Gasteiger partial charge in [-0.05, 0) is 49.8 Å². The molecule has 4 heterocycles. The molecule has 1 atom stereocenters. The number of nitrogens with one attached hydrogen (secondary N) is 1. The van der Waals surface area contributed by atoms with Gasteiger partial charge in [-0.25, -0.2) is 4.68 Å². The zero-order chi connectivity index (χ0) is 19.3. The van der Waals surface area contributed by atoms with Gasteiger partial charge in [-0.2, -0.15) is 22.0 Å². The Bertz CT molecular complexity index is 853. The molecule has 2 aliphatic rings. The van der Waals surface area contributed by atoms with Gasteiger partial charge in [0.05, 0.1) is 17.9 Å². The van der Waals surface area contributed by atoms with E-state index in [2.05, 4.69) is 25.5 Å². The number of aryl methyl sites for hydroxylation is 2. The summed E-state index contributed by atoms with van der Waals surface area (Å²) < 4.78 is 1.67. The number of nitrogens with zero attached hydrogens (tertiary/aromatic N) is 5. The molecule has 1 N–H and O–H groups in total. The Morgan fingerprint density at radius 1 is 1.25 bits per heavy atom. The largest absolute Gasteiger partial charge is 0.367 e. The van der Waals surface area contributed by atoms with Gasteiger partial charge in [-0.3, -0.25) is 9.69 Å². The Morgan fingerprint density at radius 3 is 3.04 bits per heavy atom. The molecule has 0 spiro atoms. The lowest BCUT2D eigenvalue weighted by Gasteiger charge is -2.36. The lowest BCUT2D eigenvalue weighted by atomic mass is 10.0. The van der Waals surface area contributed by atoms with Crippen LogP contribution in [0.15, 0.2) is 23.0 Å². The highest BCUT2D eigenvalue weighted by molar-refractivity contribution is 7.98. The Hall–Kier alpha value is -1.93. The Kier molecular flexibility index (Phi) is 6.26. The van der Waals surface area contributed by atoms with Crippen LogP contribution >= 0.6 is 11.8 Å². The monoisotopic (exact) mass is 400 g/mol. The molecule has 2 aromatic rings. The topological polar surface area (TPSA) is 75.9 Å². The molecule has 1 fully saturated rings. The Morgan fingerprint density at radius 2 is 2.18 bits per heavy atom. The fourth-order valence-corrected chi connectivity index (χ4v) is 4.89. The van der Waals surface area contributed by atoms with Crippen LogP contribution < -0.4 is 10.9 Å². The van der Waals surface area contributed by atoms with Crippen molar-refractivity contribution < 1.29 is 0 Å². The van der Waals surface area contributed by atoms with Gasteiger partial charge in [0.25, 0.3) is 5.56 Å². The molecule has 2 aliphatic heterocycles. The molecular formula is C20H28N6OS. The van der Waals surface area contributed by atoms with E-state index in [0.29, 0.717) is 12.6 Å². The molecule has 2 aromatic heterocycles. The van der Waals surface area contributed by atoms with Gasteiger partial charge in [-0.1, -0.05) is 6.42 Å². The maximum absolute atomic E-state index is 12.4. The highest BCUT2D eigenvalue weighted by atomic mass is 32.2. The summed E-state index contributed by atoms with van der Waals surface area (Å²) in [6.07, 6.45) is 4.59. The Labute approximate surface area is 169 Å². The van der Waals surface area contributed by atoms with Crippen LogP contribution in [-0.2, 0) is 18.7 Å². The number of anilines is 1. The van der Waals surface area contributed by atoms with Crippen molar-refractivity contribution in [3.05, 3.63) is 45.5 Å². The van der Waals surface area contributed by atoms with E-state index in [1.807, 2.05) is 30.8 Å². The number of likely N-dealkylation sites (tertiary alicyclic amines) is 1. The van der Waals surface area contributed by atoms with E-state index in [1.165, 1.54) is 12.8 Å². The summed E-state index contributed by atoms with van der Waals surface area (Å²) in [5.41, 5.74) is 3.18. The molecule has 0 amide bonds. The van der Waals surface area contributed by atoms with Gasteiger partial charge in [0.2, 0.25) is 0 Å². The highest BCUT2D eigenvalue weighted by Crippen LogP contribution is 2.21. The predicted molar refractivity (Wildman–Crippen MR) is 113 cm³/mol. The van der Waals surface area contributed by atoms with Crippen LogP contribution in [0.25, 0.3) is 0 Å². The van der Waals surface area contributed by atoms with Gasteiger partial charge in [-0.15, -0.1) is 5.10 Å². The number of hydrogen-bond acceptors (Lipinski definition) is 7. The summed E-state index contributed by atoms with van der Waals surface area (Å²) in [4.78, 5) is 14.9. The molecule has 1 saturated heterocycles. The van der Waals surface area contributed by atoms with Crippen molar-refractivity contribution in [2.24, 2.45) is 0 Å².